The fraction of sp³-hybridized carbons (Fsp3) is 0.579. The van der Waals surface area contributed by atoms with E-state index in [1.54, 1.807) is 6.92 Å². The number of aryl methyl sites for hydroxylation is 1. The summed E-state index contributed by atoms with van der Waals surface area (Å²) >= 11 is 0. The molecule has 0 aliphatic heterocycles. The number of nitrogens with zero attached hydrogens (tertiary/aromatic N) is 1. The molecule has 0 heterocycles. The van der Waals surface area contributed by atoms with Gasteiger partial charge in [0, 0.05) is 19.5 Å². The number of rotatable bonds is 4. The summed E-state index contributed by atoms with van der Waals surface area (Å²) in [4.78, 5) is 21.9. The summed E-state index contributed by atoms with van der Waals surface area (Å²) < 4.78 is 5.27. The first-order valence-corrected chi connectivity index (χ1v) is 8.87. The lowest BCUT2D eigenvalue weighted by Crippen LogP contribution is -2.29. The van der Waals surface area contributed by atoms with Crippen molar-refractivity contribution in [3.63, 3.8) is 0 Å². The van der Waals surface area contributed by atoms with E-state index in [0.29, 0.717) is 24.1 Å². The maximum absolute atomic E-state index is 11.7. The van der Waals surface area contributed by atoms with Crippen LogP contribution in [0.1, 0.15) is 43.7 Å². The molecule has 0 bridgehead atoms. The van der Waals surface area contributed by atoms with Crippen LogP contribution in [0.3, 0.4) is 0 Å². The van der Waals surface area contributed by atoms with Crippen LogP contribution in [0.2, 0.25) is 0 Å². The number of amides is 2. The molecule has 138 valence electrons. The third-order valence-corrected chi connectivity index (χ3v) is 4.97. The number of benzene rings is 1. The lowest BCUT2D eigenvalue weighted by molar-refractivity contribution is -0.158. The Hall–Kier alpha value is -2.08. The van der Waals surface area contributed by atoms with E-state index in [0.717, 1.165) is 23.0 Å². The lowest BCUT2D eigenvalue weighted by atomic mass is 10.1. The summed E-state index contributed by atoms with van der Waals surface area (Å²) in [6.45, 7) is 4.08. The number of hydroxylamine groups is 2. The first kappa shape index (κ1) is 19.2. The van der Waals surface area contributed by atoms with Crippen LogP contribution in [0.5, 0.6) is 0 Å². The Kier molecular flexibility index (Phi) is 6.82. The van der Waals surface area contributed by atoms with Crippen LogP contribution in [0, 0.1) is 18.8 Å². The topological polar surface area (TPSA) is 78.9 Å². The fourth-order valence-electron chi connectivity index (χ4n) is 3.36. The average Bonchev–Trinajstić information content (AvgIpc) is 3.02. The van der Waals surface area contributed by atoms with Crippen molar-refractivity contribution < 1.29 is 19.5 Å². The van der Waals surface area contributed by atoms with Crippen molar-refractivity contribution in [2.24, 2.45) is 11.8 Å². The monoisotopic (exact) mass is 348 g/mol. The van der Waals surface area contributed by atoms with E-state index in [9.17, 15) is 9.59 Å². The highest BCUT2D eigenvalue weighted by molar-refractivity contribution is 5.74. The number of ether oxygens (including phenoxy) is 1. The van der Waals surface area contributed by atoms with Gasteiger partial charge < -0.3 is 10.1 Å². The van der Waals surface area contributed by atoms with Crippen molar-refractivity contribution in [2.75, 3.05) is 7.05 Å². The molecule has 2 atom stereocenters. The zero-order chi connectivity index (χ0) is 18.4. The van der Waals surface area contributed by atoms with E-state index in [-0.39, 0.29) is 12.0 Å². The highest BCUT2D eigenvalue weighted by Gasteiger charge is 2.53. The number of carbonyl (C=O) groups is 2. The van der Waals surface area contributed by atoms with E-state index in [4.69, 9.17) is 9.94 Å². The van der Waals surface area contributed by atoms with Crippen LogP contribution >= 0.6 is 0 Å². The second-order valence-corrected chi connectivity index (χ2v) is 6.70. The number of hydrogen-bond acceptors (Lipinski definition) is 4. The molecule has 2 aliphatic rings. The predicted molar refractivity (Wildman–Crippen MR) is 94.0 cm³/mol. The molecule has 0 radical (unpaired) electrons. The van der Waals surface area contributed by atoms with Gasteiger partial charge in [-0.1, -0.05) is 37.6 Å². The quantitative estimate of drug-likeness (QED) is 0.646. The standard InChI is InChI=1S/C15H19NO2.C4H9NO2/c1-10-5-2-3-6-11(10)9-18-15(17)16-14-12-7-4-8-13(12)14;1-3-4(6)5(2)7/h2-3,5-6,12-14H,4,7-9H2,1H3,(H,16,17);7H,3H2,1-2H3. The largest absolute Gasteiger partial charge is 0.445 e. The van der Waals surface area contributed by atoms with Crippen LogP contribution in [0.15, 0.2) is 24.3 Å². The molecule has 2 fully saturated rings. The second kappa shape index (κ2) is 8.85. The number of nitrogens with one attached hydrogen (secondary N) is 1. The van der Waals surface area contributed by atoms with E-state index in [2.05, 4.69) is 5.32 Å². The van der Waals surface area contributed by atoms with E-state index >= 15 is 0 Å². The van der Waals surface area contributed by atoms with Crippen molar-refractivity contribution in [1.82, 2.24) is 10.4 Å². The van der Waals surface area contributed by atoms with Gasteiger partial charge in [0.05, 0.1) is 0 Å². The van der Waals surface area contributed by atoms with E-state index in [1.165, 1.54) is 26.3 Å². The van der Waals surface area contributed by atoms with Gasteiger partial charge in [-0.05, 0) is 42.7 Å². The summed E-state index contributed by atoms with van der Waals surface area (Å²) in [6, 6.07) is 8.37. The van der Waals surface area contributed by atoms with E-state index in [1.807, 2.05) is 31.2 Å². The second-order valence-electron chi connectivity index (χ2n) is 6.70. The highest BCUT2D eigenvalue weighted by atomic mass is 16.5. The number of hydrogen-bond donors (Lipinski definition) is 2. The average molecular weight is 348 g/mol. The summed E-state index contributed by atoms with van der Waals surface area (Å²) in [5.74, 6) is 1.20. The maximum atomic E-state index is 11.7. The predicted octanol–water partition coefficient (Wildman–Crippen LogP) is 3.26. The summed E-state index contributed by atoms with van der Waals surface area (Å²) in [5.41, 5.74) is 2.23. The molecule has 2 saturated carbocycles. The van der Waals surface area contributed by atoms with Crippen molar-refractivity contribution >= 4 is 12.0 Å². The third kappa shape index (κ3) is 5.46. The Morgan fingerprint density at radius 3 is 2.44 bits per heavy atom. The molecule has 2 amide bonds. The Bertz CT molecular complexity index is 593. The minimum Gasteiger partial charge on any atom is -0.445 e. The van der Waals surface area contributed by atoms with Crippen molar-refractivity contribution in [1.29, 1.82) is 0 Å². The molecule has 1 aromatic carbocycles. The molecule has 0 aromatic heterocycles. The molecule has 0 saturated heterocycles. The van der Waals surface area contributed by atoms with E-state index < -0.39 is 0 Å². The van der Waals surface area contributed by atoms with Crippen molar-refractivity contribution in [3.05, 3.63) is 35.4 Å². The first-order chi connectivity index (χ1) is 11.9. The van der Waals surface area contributed by atoms with Gasteiger partial charge in [-0.25, -0.2) is 9.86 Å². The van der Waals surface area contributed by atoms with Gasteiger partial charge in [0.15, 0.2) is 0 Å². The zero-order valence-corrected chi connectivity index (χ0v) is 15.2. The summed E-state index contributed by atoms with van der Waals surface area (Å²) in [6.07, 6.45) is 3.96. The molecule has 2 N–H and O–H groups in total. The number of alkyl carbamates (subject to hydrolysis) is 1. The van der Waals surface area contributed by atoms with Crippen LogP contribution in [0.25, 0.3) is 0 Å². The van der Waals surface area contributed by atoms with Gasteiger partial charge in [0.2, 0.25) is 5.91 Å². The Balaban J connectivity index is 0.000000277. The highest BCUT2D eigenvalue weighted by Crippen LogP contribution is 2.51. The van der Waals surface area contributed by atoms with Crippen LogP contribution < -0.4 is 5.32 Å². The molecular formula is C19H28N2O4. The number of fused-ring (bicyclic) bond motifs is 1. The molecule has 1 aromatic rings. The minimum atomic E-state index is -0.266. The summed E-state index contributed by atoms with van der Waals surface area (Å²) in [7, 11) is 1.31. The molecule has 6 nitrogen and oxygen atoms in total. The maximum Gasteiger partial charge on any atom is 0.407 e. The minimum absolute atomic E-state index is 0.264. The molecule has 25 heavy (non-hydrogen) atoms. The fourth-order valence-corrected chi connectivity index (χ4v) is 3.36. The molecular weight excluding hydrogens is 320 g/mol. The van der Waals surface area contributed by atoms with Crippen molar-refractivity contribution in [2.45, 2.75) is 52.2 Å². The zero-order valence-electron chi connectivity index (χ0n) is 15.2. The normalized spacial score (nSPS) is 23.0. The van der Waals surface area contributed by atoms with Gasteiger partial charge in [-0.15, -0.1) is 0 Å². The van der Waals surface area contributed by atoms with Gasteiger partial charge in [-0.3, -0.25) is 10.0 Å². The van der Waals surface area contributed by atoms with Crippen molar-refractivity contribution in [3.8, 4) is 0 Å². The third-order valence-electron chi connectivity index (χ3n) is 4.97. The molecule has 0 spiro atoms. The van der Waals surface area contributed by atoms with Crippen LogP contribution in [-0.4, -0.2) is 35.4 Å². The lowest BCUT2D eigenvalue weighted by Gasteiger charge is -2.09. The smallest absolute Gasteiger partial charge is 0.407 e. The number of carbonyl (C=O) groups excluding carboxylic acids is 2. The van der Waals surface area contributed by atoms with Gasteiger partial charge >= 0.3 is 6.09 Å². The molecule has 3 rings (SSSR count). The Labute approximate surface area is 149 Å². The van der Waals surface area contributed by atoms with Crippen LogP contribution in [0.4, 0.5) is 4.79 Å². The van der Waals surface area contributed by atoms with Gasteiger partial charge in [0.25, 0.3) is 0 Å². The molecule has 2 unspecified atom stereocenters. The molecule has 2 aliphatic carbocycles. The van der Waals surface area contributed by atoms with Gasteiger partial charge in [-0.2, -0.15) is 0 Å². The van der Waals surface area contributed by atoms with Crippen LogP contribution in [-0.2, 0) is 16.1 Å². The Morgan fingerprint density at radius 1 is 1.28 bits per heavy atom. The Morgan fingerprint density at radius 2 is 1.92 bits per heavy atom. The SMILES string of the molecule is CCC(=O)N(C)O.Cc1ccccc1COC(=O)NC1C2CCCC21. The van der Waals surface area contributed by atoms with Gasteiger partial charge in [0.1, 0.15) is 6.61 Å². The molecule has 6 heteroatoms. The first-order valence-electron chi connectivity index (χ1n) is 8.87. The summed E-state index contributed by atoms with van der Waals surface area (Å²) in [5, 5.41) is 11.9.